The van der Waals surface area contributed by atoms with Crippen molar-refractivity contribution >= 4 is 12.0 Å². The van der Waals surface area contributed by atoms with Crippen molar-refractivity contribution in [3.8, 4) is 0 Å². The molecule has 1 aromatic heterocycles. The van der Waals surface area contributed by atoms with Crippen molar-refractivity contribution in [3.05, 3.63) is 75.9 Å². The van der Waals surface area contributed by atoms with Gasteiger partial charge in [-0.15, -0.1) is 0 Å². The molecule has 0 N–H and O–H groups in total. The van der Waals surface area contributed by atoms with Crippen LogP contribution in [0.3, 0.4) is 0 Å². The van der Waals surface area contributed by atoms with E-state index < -0.39 is 5.91 Å². The summed E-state index contributed by atoms with van der Waals surface area (Å²) in [5, 5.41) is 3.01. The first kappa shape index (κ1) is 13.6. The summed E-state index contributed by atoms with van der Waals surface area (Å²) in [5.74, 6) is -0.599. The van der Waals surface area contributed by atoms with E-state index in [-0.39, 0.29) is 0 Å². The number of aromatic nitrogens is 1. The average Bonchev–Trinajstić information content (AvgIpc) is 2.79. The lowest BCUT2D eigenvalue weighted by Crippen LogP contribution is -2.03. The number of rotatable bonds is 4. The van der Waals surface area contributed by atoms with Crippen LogP contribution in [0.2, 0.25) is 0 Å². The van der Waals surface area contributed by atoms with Crippen LogP contribution in [-0.4, -0.2) is 10.5 Å². The van der Waals surface area contributed by atoms with Crippen molar-refractivity contribution in [1.82, 2.24) is 4.57 Å². The van der Waals surface area contributed by atoms with Crippen molar-refractivity contribution < 1.29 is 4.79 Å². The molecule has 0 aliphatic heterocycles. The van der Waals surface area contributed by atoms with Gasteiger partial charge in [0.15, 0.2) is 0 Å². The highest BCUT2D eigenvalue weighted by atomic mass is 16.1. The summed E-state index contributed by atoms with van der Waals surface area (Å²) in [6.07, 6.45) is 2.93. The van der Waals surface area contributed by atoms with Gasteiger partial charge in [-0.2, -0.15) is 0 Å². The van der Waals surface area contributed by atoms with Gasteiger partial charge in [0.1, 0.15) is 0 Å². The van der Waals surface area contributed by atoms with Crippen LogP contribution in [0.15, 0.2) is 53.7 Å². The van der Waals surface area contributed by atoms with Gasteiger partial charge in [-0.3, -0.25) is 4.79 Å². The summed E-state index contributed by atoms with van der Waals surface area (Å²) >= 11 is 0. The van der Waals surface area contributed by atoms with Crippen molar-refractivity contribution in [1.29, 1.82) is 0 Å². The molecule has 0 saturated heterocycles. The standard InChI is InChI=1S/C15H14N4O/c1-12-7-8-14(9-10-15(20)17-18-16)19(12)11-13-5-3-2-4-6-13/h2-10H,11H2,1H3. The largest absolute Gasteiger partial charge is 0.341 e. The van der Waals surface area contributed by atoms with E-state index in [0.29, 0.717) is 0 Å². The minimum atomic E-state index is -0.599. The summed E-state index contributed by atoms with van der Waals surface area (Å²) < 4.78 is 2.09. The molecule has 5 heteroatoms. The third-order valence-electron chi connectivity index (χ3n) is 2.96. The van der Waals surface area contributed by atoms with Gasteiger partial charge in [0.25, 0.3) is 0 Å². The fourth-order valence-corrected chi connectivity index (χ4v) is 1.95. The van der Waals surface area contributed by atoms with Gasteiger partial charge in [-0.1, -0.05) is 30.3 Å². The molecule has 0 atom stereocenters. The van der Waals surface area contributed by atoms with E-state index in [1.807, 2.05) is 37.3 Å². The number of carbonyl (C=O) groups is 1. The highest BCUT2D eigenvalue weighted by Crippen LogP contribution is 2.13. The molecule has 2 aromatic rings. The predicted molar refractivity (Wildman–Crippen MR) is 77.9 cm³/mol. The van der Waals surface area contributed by atoms with E-state index in [2.05, 4.69) is 26.7 Å². The number of benzene rings is 1. The lowest BCUT2D eigenvalue weighted by molar-refractivity contribution is -0.113. The van der Waals surface area contributed by atoms with Crippen LogP contribution in [0.4, 0.5) is 0 Å². The minimum absolute atomic E-state index is 0.599. The summed E-state index contributed by atoms with van der Waals surface area (Å²) in [7, 11) is 0. The van der Waals surface area contributed by atoms with E-state index in [1.54, 1.807) is 6.08 Å². The number of nitrogens with zero attached hydrogens (tertiary/aromatic N) is 4. The summed E-state index contributed by atoms with van der Waals surface area (Å²) in [4.78, 5) is 13.6. The number of aryl methyl sites for hydroxylation is 1. The molecule has 0 aliphatic carbocycles. The molecule has 1 heterocycles. The maximum atomic E-state index is 11.2. The molecule has 0 spiro atoms. The molecular formula is C15H14N4O. The normalized spacial score (nSPS) is 10.4. The Kier molecular flexibility index (Phi) is 4.37. The maximum Gasteiger partial charge on any atom is 0.242 e. The van der Waals surface area contributed by atoms with E-state index >= 15 is 0 Å². The number of amides is 1. The maximum absolute atomic E-state index is 11.2. The van der Waals surface area contributed by atoms with Gasteiger partial charge in [0.05, 0.1) is 0 Å². The van der Waals surface area contributed by atoms with Crippen LogP contribution >= 0.6 is 0 Å². The quantitative estimate of drug-likeness (QED) is 0.360. The smallest absolute Gasteiger partial charge is 0.242 e. The zero-order chi connectivity index (χ0) is 14.4. The molecule has 0 unspecified atom stereocenters. The van der Waals surface area contributed by atoms with Crippen LogP contribution in [0, 0.1) is 6.92 Å². The lowest BCUT2D eigenvalue weighted by atomic mass is 10.2. The molecule has 0 fully saturated rings. The summed E-state index contributed by atoms with van der Waals surface area (Å²) in [6.45, 7) is 2.74. The number of azide groups is 1. The molecule has 1 amide bonds. The van der Waals surface area contributed by atoms with Crippen LogP contribution in [0.5, 0.6) is 0 Å². The zero-order valence-corrected chi connectivity index (χ0v) is 11.1. The lowest BCUT2D eigenvalue weighted by Gasteiger charge is -2.09. The molecular weight excluding hydrogens is 252 g/mol. The molecule has 0 aliphatic rings. The second-order valence-electron chi connectivity index (χ2n) is 4.33. The van der Waals surface area contributed by atoms with Gasteiger partial charge in [0.2, 0.25) is 5.91 Å². The van der Waals surface area contributed by atoms with Crippen molar-refractivity contribution in [2.75, 3.05) is 0 Å². The Morgan fingerprint density at radius 2 is 2.05 bits per heavy atom. The van der Waals surface area contributed by atoms with Crippen LogP contribution in [0.1, 0.15) is 17.0 Å². The van der Waals surface area contributed by atoms with Crippen molar-refractivity contribution in [3.63, 3.8) is 0 Å². The molecule has 0 bridgehead atoms. The Balaban J connectivity index is 2.24. The zero-order valence-electron chi connectivity index (χ0n) is 11.1. The monoisotopic (exact) mass is 266 g/mol. The summed E-state index contributed by atoms with van der Waals surface area (Å²) in [6, 6.07) is 14.0. The van der Waals surface area contributed by atoms with Crippen LogP contribution in [-0.2, 0) is 11.3 Å². The van der Waals surface area contributed by atoms with Gasteiger partial charge in [0, 0.05) is 22.8 Å². The molecule has 20 heavy (non-hydrogen) atoms. The molecule has 0 saturated carbocycles. The predicted octanol–water partition coefficient (Wildman–Crippen LogP) is 3.69. The highest BCUT2D eigenvalue weighted by Gasteiger charge is 2.03. The molecule has 100 valence electrons. The Morgan fingerprint density at radius 3 is 2.75 bits per heavy atom. The molecule has 1 aromatic carbocycles. The van der Waals surface area contributed by atoms with Crippen LogP contribution in [0.25, 0.3) is 16.5 Å². The first-order chi connectivity index (χ1) is 9.70. The third-order valence-corrected chi connectivity index (χ3v) is 2.96. The van der Waals surface area contributed by atoms with Gasteiger partial charge in [-0.25, -0.2) is 0 Å². The Labute approximate surface area is 116 Å². The average molecular weight is 266 g/mol. The SMILES string of the molecule is Cc1ccc(C=CC(=O)N=[N+]=[N-])n1Cc1ccccc1. The topological polar surface area (TPSA) is 70.8 Å². The molecule has 0 radical (unpaired) electrons. The fraction of sp³-hybridized carbons (Fsp3) is 0.133. The van der Waals surface area contributed by atoms with Crippen molar-refractivity contribution in [2.24, 2.45) is 5.11 Å². The third kappa shape index (κ3) is 3.37. The minimum Gasteiger partial charge on any atom is -0.341 e. The fourth-order valence-electron chi connectivity index (χ4n) is 1.95. The molecule has 5 nitrogen and oxygen atoms in total. The van der Waals surface area contributed by atoms with Crippen LogP contribution < -0.4 is 0 Å². The number of carbonyl (C=O) groups excluding carboxylic acids is 1. The Bertz CT molecular complexity index is 679. The number of hydrogen-bond donors (Lipinski definition) is 0. The summed E-state index contributed by atoms with van der Waals surface area (Å²) in [5.41, 5.74) is 11.4. The Morgan fingerprint density at radius 1 is 1.30 bits per heavy atom. The second kappa shape index (κ2) is 6.41. The van der Waals surface area contributed by atoms with E-state index in [1.165, 1.54) is 11.6 Å². The molecule has 2 rings (SSSR count). The second-order valence-corrected chi connectivity index (χ2v) is 4.33. The van der Waals surface area contributed by atoms with Gasteiger partial charge >= 0.3 is 0 Å². The van der Waals surface area contributed by atoms with Gasteiger partial charge in [-0.05, 0) is 47.4 Å². The van der Waals surface area contributed by atoms with E-state index in [0.717, 1.165) is 17.9 Å². The first-order valence-electron chi connectivity index (χ1n) is 6.18. The van der Waals surface area contributed by atoms with Gasteiger partial charge < -0.3 is 4.57 Å². The van der Waals surface area contributed by atoms with E-state index in [9.17, 15) is 4.79 Å². The first-order valence-corrected chi connectivity index (χ1v) is 6.18. The highest BCUT2D eigenvalue weighted by molar-refractivity contribution is 5.92. The number of hydrogen-bond acceptors (Lipinski definition) is 1. The Hall–Kier alpha value is -2.78. The van der Waals surface area contributed by atoms with Crippen molar-refractivity contribution in [2.45, 2.75) is 13.5 Å². The van der Waals surface area contributed by atoms with E-state index in [4.69, 9.17) is 5.53 Å².